The van der Waals surface area contributed by atoms with Crippen LogP contribution in [-0.2, 0) is 30.9 Å². The first-order chi connectivity index (χ1) is 24.2. The van der Waals surface area contributed by atoms with E-state index in [0.29, 0.717) is 17.7 Å². The zero-order valence-electron chi connectivity index (χ0n) is 30.1. The number of aryl methyl sites for hydroxylation is 1. The fraction of sp³-hybridized carbons (Fsp3) is 0.457. The summed E-state index contributed by atoms with van der Waals surface area (Å²) >= 11 is 13.2. The lowest BCUT2D eigenvalue weighted by Crippen LogP contribution is -2.48. The third-order valence-electron chi connectivity index (χ3n) is 7.36. The lowest BCUT2D eigenvalue weighted by molar-refractivity contribution is -0.124. The van der Waals surface area contributed by atoms with Crippen molar-refractivity contribution in [3.63, 3.8) is 0 Å². The number of hydrogen-bond acceptors (Lipinski definition) is 10. The van der Waals surface area contributed by atoms with E-state index in [-0.39, 0.29) is 59.1 Å². The second-order valence-corrected chi connectivity index (χ2v) is 16.6. The first-order valence-corrected chi connectivity index (χ1v) is 18.7. The summed E-state index contributed by atoms with van der Waals surface area (Å²) in [5, 5.41) is 8.39. The minimum absolute atomic E-state index is 0.0511. The average Bonchev–Trinajstić information content (AvgIpc) is 3.52. The summed E-state index contributed by atoms with van der Waals surface area (Å²) in [4.78, 5) is 46.6. The highest BCUT2D eigenvalue weighted by atomic mass is 35.5. The molecule has 2 aromatic carbocycles. The van der Waals surface area contributed by atoms with E-state index in [1.54, 1.807) is 47.6 Å². The predicted octanol–water partition coefficient (Wildman–Crippen LogP) is 6.10. The van der Waals surface area contributed by atoms with Crippen molar-refractivity contribution < 1.29 is 37.0 Å². The van der Waals surface area contributed by atoms with Crippen LogP contribution in [0.3, 0.4) is 0 Å². The molecule has 14 nitrogen and oxygen atoms in total. The van der Waals surface area contributed by atoms with Crippen LogP contribution in [0.2, 0.25) is 10.0 Å². The Balaban J connectivity index is 1.45. The quantitative estimate of drug-likeness (QED) is 0.132. The summed E-state index contributed by atoms with van der Waals surface area (Å²) in [7, 11) is -4.26. The number of guanidine groups is 1. The van der Waals surface area contributed by atoms with Gasteiger partial charge in [-0.2, -0.15) is 4.31 Å². The number of hydrogen-bond donors (Lipinski definition) is 3. The Morgan fingerprint density at radius 1 is 0.962 bits per heavy atom. The maximum Gasteiger partial charge on any atom is 0.414 e. The molecule has 3 amide bonds. The Bertz CT molecular complexity index is 1930. The fourth-order valence-electron chi connectivity index (χ4n) is 5.18. The summed E-state index contributed by atoms with van der Waals surface area (Å²) in [6, 6.07) is 11.0. The van der Waals surface area contributed by atoms with Crippen molar-refractivity contribution in [1.82, 2.24) is 25.2 Å². The molecule has 1 atom stereocenters. The van der Waals surface area contributed by atoms with E-state index in [0.717, 1.165) is 15.4 Å². The zero-order valence-corrected chi connectivity index (χ0v) is 32.5. The van der Waals surface area contributed by atoms with Crippen LogP contribution in [0.4, 0.5) is 9.59 Å². The molecular weight excluding hydrogens is 735 g/mol. The lowest BCUT2D eigenvalue weighted by Gasteiger charge is -2.24. The SMILES string of the molecule is Cc1ccc2cccc(OCc3c(Cl)ccc(S(=O)(=O)N4CCC[C@H]4C(=O)NCCN=C(NC(=O)OC(C)(C)C)NC(=O)OC(C)(C)C)c3Cl)c2n1. The molecule has 1 fully saturated rings. The molecule has 3 N–H and O–H groups in total. The number of aliphatic imine (C=N–C) groups is 1. The highest BCUT2D eigenvalue weighted by Crippen LogP contribution is 2.36. The Morgan fingerprint density at radius 2 is 1.62 bits per heavy atom. The maximum atomic E-state index is 14.0. The highest BCUT2D eigenvalue weighted by Gasteiger charge is 2.40. The lowest BCUT2D eigenvalue weighted by atomic mass is 10.2. The number of ether oxygens (including phenoxy) is 3. The summed E-state index contributed by atoms with van der Waals surface area (Å²) < 4.78 is 45.6. The molecule has 1 aliphatic heterocycles. The number of nitrogens with one attached hydrogen (secondary N) is 3. The van der Waals surface area contributed by atoms with E-state index in [9.17, 15) is 22.8 Å². The van der Waals surface area contributed by atoms with Crippen molar-refractivity contribution >= 4 is 68.2 Å². The number of benzene rings is 2. The van der Waals surface area contributed by atoms with Gasteiger partial charge in [-0.25, -0.2) is 23.0 Å². The molecule has 0 spiro atoms. The topological polar surface area (TPSA) is 178 Å². The van der Waals surface area contributed by atoms with Gasteiger partial charge < -0.3 is 19.5 Å². The minimum atomic E-state index is -4.26. The predicted molar refractivity (Wildman–Crippen MR) is 198 cm³/mol. The van der Waals surface area contributed by atoms with Gasteiger partial charge in [0.1, 0.15) is 40.0 Å². The summed E-state index contributed by atoms with van der Waals surface area (Å²) in [6.07, 6.45) is -1.02. The summed E-state index contributed by atoms with van der Waals surface area (Å²) in [6.45, 7) is 11.7. The molecule has 0 aliphatic carbocycles. The molecule has 1 saturated heterocycles. The van der Waals surface area contributed by atoms with Crippen molar-refractivity contribution in [2.24, 2.45) is 4.99 Å². The third-order valence-corrected chi connectivity index (χ3v) is 10.2. The molecule has 1 aromatic heterocycles. The molecule has 17 heteroatoms. The zero-order chi connectivity index (χ0) is 38.4. The molecule has 282 valence electrons. The van der Waals surface area contributed by atoms with Gasteiger partial charge in [-0.15, -0.1) is 0 Å². The Kier molecular flexibility index (Phi) is 13.0. The van der Waals surface area contributed by atoms with Crippen molar-refractivity contribution in [2.75, 3.05) is 19.6 Å². The van der Waals surface area contributed by atoms with Gasteiger partial charge in [0.15, 0.2) is 0 Å². The number of fused-ring (bicyclic) bond motifs is 1. The molecule has 2 heterocycles. The number of sulfonamides is 1. The number of amides is 3. The van der Waals surface area contributed by atoms with Crippen LogP contribution in [0.15, 0.2) is 52.4 Å². The number of carbonyl (C=O) groups excluding carboxylic acids is 3. The van der Waals surface area contributed by atoms with Crippen molar-refractivity contribution in [3.8, 4) is 5.75 Å². The van der Waals surface area contributed by atoms with Crippen LogP contribution in [0.25, 0.3) is 10.9 Å². The Labute approximate surface area is 313 Å². The highest BCUT2D eigenvalue weighted by molar-refractivity contribution is 7.89. The van der Waals surface area contributed by atoms with Crippen molar-refractivity contribution in [2.45, 2.75) is 90.1 Å². The van der Waals surface area contributed by atoms with Crippen LogP contribution in [-0.4, -0.2) is 78.6 Å². The summed E-state index contributed by atoms with van der Waals surface area (Å²) in [5.41, 5.74) is 0.0818. The second-order valence-electron chi connectivity index (χ2n) is 14.0. The van der Waals surface area contributed by atoms with Gasteiger partial charge in [-0.1, -0.05) is 41.4 Å². The third kappa shape index (κ3) is 10.9. The largest absolute Gasteiger partial charge is 0.487 e. The number of carbonyl (C=O) groups is 3. The van der Waals surface area contributed by atoms with Gasteiger partial charge >= 0.3 is 12.2 Å². The number of alkyl carbamates (subject to hydrolysis) is 2. The van der Waals surface area contributed by atoms with E-state index < -0.39 is 45.4 Å². The number of nitrogens with zero attached hydrogens (tertiary/aromatic N) is 3. The number of para-hydroxylation sites is 1. The van der Waals surface area contributed by atoms with E-state index in [1.807, 2.05) is 31.2 Å². The van der Waals surface area contributed by atoms with E-state index in [2.05, 4.69) is 25.9 Å². The van der Waals surface area contributed by atoms with Crippen molar-refractivity contribution in [3.05, 3.63) is 63.8 Å². The molecule has 0 radical (unpaired) electrons. The number of halogens is 2. The van der Waals surface area contributed by atoms with Gasteiger partial charge in [-0.3, -0.25) is 20.4 Å². The maximum absolute atomic E-state index is 14.0. The number of aromatic nitrogens is 1. The number of rotatable bonds is 9. The molecule has 4 rings (SSSR count). The van der Waals surface area contributed by atoms with E-state index in [4.69, 9.17) is 37.4 Å². The van der Waals surface area contributed by atoms with Gasteiger partial charge in [0.2, 0.25) is 21.9 Å². The first-order valence-electron chi connectivity index (χ1n) is 16.6. The smallest absolute Gasteiger partial charge is 0.414 e. The summed E-state index contributed by atoms with van der Waals surface area (Å²) in [5.74, 6) is -0.326. The van der Waals surface area contributed by atoms with Crippen molar-refractivity contribution in [1.29, 1.82) is 0 Å². The van der Waals surface area contributed by atoms with E-state index >= 15 is 0 Å². The minimum Gasteiger partial charge on any atom is -0.487 e. The normalized spacial score (nSPS) is 15.1. The van der Waals surface area contributed by atoms with Crippen LogP contribution in [0.5, 0.6) is 5.75 Å². The van der Waals surface area contributed by atoms with Gasteiger partial charge in [0, 0.05) is 34.8 Å². The Morgan fingerprint density at radius 3 is 2.25 bits per heavy atom. The number of pyridine rings is 1. The average molecular weight is 780 g/mol. The second kappa shape index (κ2) is 16.7. The van der Waals surface area contributed by atoms with Crippen LogP contribution >= 0.6 is 23.2 Å². The molecule has 1 aliphatic rings. The standard InChI is InChI=1S/C35H44Cl2N6O8S/c1-21-13-14-22-10-8-12-26(29(22)40-21)49-20-23-24(36)15-16-27(28(23)37)52(47,48)43-19-9-11-25(43)30(44)38-17-18-39-31(41-32(45)50-34(2,3)4)42-33(46)51-35(5,6)7/h8,10,12-16,25H,9,11,17-20H2,1-7H3,(H,38,44)(H2,39,41,42,45,46)/t25-/m0/s1. The molecule has 0 bridgehead atoms. The molecule has 0 saturated carbocycles. The van der Waals surface area contributed by atoms with E-state index in [1.165, 1.54) is 12.1 Å². The fourth-order valence-corrected chi connectivity index (χ4v) is 7.70. The van der Waals surface area contributed by atoms with Gasteiger partial charge in [-0.05, 0) is 85.6 Å². The van der Waals surface area contributed by atoms with Crippen LogP contribution in [0.1, 0.15) is 65.6 Å². The molecule has 0 unspecified atom stereocenters. The van der Waals surface area contributed by atoms with Crippen LogP contribution < -0.4 is 20.7 Å². The monoisotopic (exact) mass is 778 g/mol. The first kappa shape index (κ1) is 40.6. The van der Waals surface area contributed by atoms with Gasteiger partial charge in [0.25, 0.3) is 0 Å². The molecule has 52 heavy (non-hydrogen) atoms. The molecular formula is C35H44Cl2N6O8S. The van der Waals surface area contributed by atoms with Gasteiger partial charge in [0.05, 0.1) is 11.6 Å². The van der Waals surface area contributed by atoms with Crippen LogP contribution in [0, 0.1) is 6.92 Å². The molecule has 3 aromatic rings. The Hall–Kier alpha value is -4.18.